The molecule has 2 aromatic rings. The normalized spacial score (nSPS) is 9.95. The van der Waals surface area contributed by atoms with E-state index in [0.717, 1.165) is 12.1 Å². The molecule has 0 spiro atoms. The van der Waals surface area contributed by atoms with E-state index in [4.69, 9.17) is 4.74 Å². The molecular weight excluding hydrogens is 270 g/mol. The molecule has 0 radical (unpaired) electrons. The van der Waals surface area contributed by atoms with Crippen LogP contribution in [0.2, 0.25) is 0 Å². The summed E-state index contributed by atoms with van der Waals surface area (Å²) in [6, 6.07) is 2.59. The maximum absolute atomic E-state index is 13.3. The molecular formula is C12H10F2N4O2. The Bertz CT molecular complexity index is 599. The van der Waals surface area contributed by atoms with Crippen LogP contribution in [-0.2, 0) is 0 Å². The number of ether oxygens (including phenoxy) is 1. The van der Waals surface area contributed by atoms with Gasteiger partial charge in [0.15, 0.2) is 0 Å². The fourth-order valence-electron chi connectivity index (χ4n) is 1.38. The molecule has 2 N–H and O–H groups in total. The van der Waals surface area contributed by atoms with Crippen molar-refractivity contribution in [3.63, 3.8) is 0 Å². The third kappa shape index (κ3) is 3.16. The van der Waals surface area contributed by atoms with Crippen LogP contribution in [0.15, 0.2) is 30.6 Å². The molecule has 1 aromatic heterocycles. The Morgan fingerprint density at radius 3 is 2.30 bits per heavy atom. The number of aromatic nitrogens is 2. The second kappa shape index (κ2) is 5.91. The van der Waals surface area contributed by atoms with Crippen molar-refractivity contribution in [2.24, 2.45) is 0 Å². The molecule has 8 heteroatoms. The lowest BCUT2D eigenvalue weighted by atomic mass is 10.3. The second-order valence-corrected chi connectivity index (χ2v) is 3.63. The summed E-state index contributed by atoms with van der Waals surface area (Å²) < 4.78 is 31.4. The van der Waals surface area contributed by atoms with E-state index < -0.39 is 23.4 Å². The van der Waals surface area contributed by atoms with Crippen molar-refractivity contribution in [3.05, 3.63) is 42.2 Å². The third-order valence-electron chi connectivity index (χ3n) is 2.27. The molecule has 0 unspecified atom stereocenters. The van der Waals surface area contributed by atoms with Crippen molar-refractivity contribution in [1.29, 1.82) is 0 Å². The number of amides is 2. The van der Waals surface area contributed by atoms with Gasteiger partial charge in [-0.1, -0.05) is 6.07 Å². The lowest BCUT2D eigenvalue weighted by molar-refractivity contribution is 0.262. The highest BCUT2D eigenvalue weighted by atomic mass is 19.1. The summed E-state index contributed by atoms with van der Waals surface area (Å²) in [5.74, 6) is -1.74. The summed E-state index contributed by atoms with van der Waals surface area (Å²) in [7, 11) is 1.40. The summed E-state index contributed by atoms with van der Waals surface area (Å²) >= 11 is 0. The van der Waals surface area contributed by atoms with Gasteiger partial charge in [0.1, 0.15) is 17.3 Å². The van der Waals surface area contributed by atoms with Crippen LogP contribution in [0.4, 0.5) is 25.0 Å². The highest BCUT2D eigenvalue weighted by Gasteiger charge is 2.12. The molecule has 2 rings (SSSR count). The number of nitrogens with one attached hydrogen (secondary N) is 2. The van der Waals surface area contributed by atoms with Crippen LogP contribution in [0.3, 0.4) is 0 Å². The topological polar surface area (TPSA) is 76.1 Å². The minimum Gasteiger partial charge on any atom is -0.467 e. The van der Waals surface area contributed by atoms with E-state index in [2.05, 4.69) is 20.6 Å². The van der Waals surface area contributed by atoms with Crippen molar-refractivity contribution in [3.8, 4) is 6.01 Å². The molecule has 0 bridgehead atoms. The van der Waals surface area contributed by atoms with Gasteiger partial charge in [0.2, 0.25) is 0 Å². The van der Waals surface area contributed by atoms with Crippen LogP contribution in [0.25, 0.3) is 0 Å². The average Bonchev–Trinajstić information content (AvgIpc) is 2.44. The summed E-state index contributed by atoms with van der Waals surface area (Å²) in [6.07, 6.45) is 2.59. The minimum atomic E-state index is -0.869. The molecule has 1 heterocycles. The van der Waals surface area contributed by atoms with Gasteiger partial charge in [-0.2, -0.15) is 0 Å². The van der Waals surface area contributed by atoms with Crippen LogP contribution < -0.4 is 15.4 Å². The lowest BCUT2D eigenvalue weighted by Crippen LogP contribution is -2.21. The standard InChI is InChI=1S/C12H10F2N4O2/c1-20-12-15-5-7(6-16-12)17-11(19)18-10-8(13)3-2-4-9(10)14/h2-6H,1H3,(H2,17,18,19). The van der Waals surface area contributed by atoms with Crippen LogP contribution in [-0.4, -0.2) is 23.1 Å². The van der Waals surface area contributed by atoms with Gasteiger partial charge >= 0.3 is 12.0 Å². The van der Waals surface area contributed by atoms with E-state index in [9.17, 15) is 13.6 Å². The van der Waals surface area contributed by atoms with Crippen LogP contribution in [0, 0.1) is 11.6 Å². The smallest absolute Gasteiger partial charge is 0.323 e. The minimum absolute atomic E-state index is 0.135. The first-order valence-corrected chi connectivity index (χ1v) is 5.48. The van der Waals surface area contributed by atoms with Crippen molar-refractivity contribution in [2.75, 3.05) is 17.7 Å². The van der Waals surface area contributed by atoms with E-state index in [1.54, 1.807) is 0 Å². The SMILES string of the molecule is COc1ncc(NC(=O)Nc2c(F)cccc2F)cn1. The summed E-state index contributed by atoms with van der Waals surface area (Å²) in [5, 5.41) is 4.40. The van der Waals surface area contributed by atoms with Gasteiger partial charge in [-0.15, -0.1) is 0 Å². The van der Waals surface area contributed by atoms with E-state index in [-0.39, 0.29) is 11.7 Å². The number of anilines is 2. The second-order valence-electron chi connectivity index (χ2n) is 3.63. The maximum Gasteiger partial charge on any atom is 0.323 e. The number of carbonyl (C=O) groups is 1. The van der Waals surface area contributed by atoms with Gasteiger partial charge in [0, 0.05) is 0 Å². The molecule has 0 atom stereocenters. The predicted octanol–water partition coefficient (Wildman–Crippen LogP) is 2.41. The predicted molar refractivity (Wildman–Crippen MR) is 67.6 cm³/mol. The molecule has 0 saturated carbocycles. The highest BCUT2D eigenvalue weighted by Crippen LogP contribution is 2.18. The Balaban J connectivity index is 2.05. The Morgan fingerprint density at radius 2 is 1.75 bits per heavy atom. The Morgan fingerprint density at radius 1 is 1.15 bits per heavy atom. The molecule has 0 saturated heterocycles. The van der Waals surface area contributed by atoms with E-state index in [0.29, 0.717) is 0 Å². The van der Waals surface area contributed by atoms with E-state index in [1.807, 2.05) is 0 Å². The van der Waals surface area contributed by atoms with Gasteiger partial charge in [-0.05, 0) is 12.1 Å². The van der Waals surface area contributed by atoms with Gasteiger partial charge < -0.3 is 15.4 Å². The number of rotatable bonds is 3. The molecule has 0 fully saturated rings. The number of urea groups is 1. The molecule has 6 nitrogen and oxygen atoms in total. The van der Waals surface area contributed by atoms with Crippen LogP contribution >= 0.6 is 0 Å². The Hall–Kier alpha value is -2.77. The number of halogens is 2. The third-order valence-corrected chi connectivity index (χ3v) is 2.27. The lowest BCUT2D eigenvalue weighted by Gasteiger charge is -2.08. The number of carbonyl (C=O) groups excluding carboxylic acids is 1. The first kappa shape index (κ1) is 13.7. The highest BCUT2D eigenvalue weighted by molar-refractivity contribution is 5.99. The Kier molecular flexibility index (Phi) is 4.04. The van der Waals surface area contributed by atoms with Gasteiger partial charge in [-0.3, -0.25) is 0 Å². The molecule has 1 aromatic carbocycles. The fourth-order valence-corrected chi connectivity index (χ4v) is 1.38. The number of hydrogen-bond acceptors (Lipinski definition) is 4. The zero-order valence-corrected chi connectivity index (χ0v) is 10.4. The van der Waals surface area contributed by atoms with E-state index >= 15 is 0 Å². The molecule has 2 amide bonds. The maximum atomic E-state index is 13.3. The summed E-state index contributed by atoms with van der Waals surface area (Å²) in [5.41, 5.74) is -0.278. The fraction of sp³-hybridized carbons (Fsp3) is 0.0833. The summed E-state index contributed by atoms with van der Waals surface area (Å²) in [6.45, 7) is 0. The Labute approximate surface area is 112 Å². The van der Waals surface area contributed by atoms with Gasteiger partial charge in [0.05, 0.1) is 25.2 Å². The molecule has 0 aliphatic rings. The van der Waals surface area contributed by atoms with E-state index in [1.165, 1.54) is 25.6 Å². The summed E-state index contributed by atoms with van der Waals surface area (Å²) in [4.78, 5) is 19.1. The largest absolute Gasteiger partial charge is 0.467 e. The van der Waals surface area contributed by atoms with Crippen molar-refractivity contribution in [1.82, 2.24) is 9.97 Å². The first-order chi connectivity index (χ1) is 9.60. The van der Waals surface area contributed by atoms with Crippen LogP contribution in [0.1, 0.15) is 0 Å². The van der Waals surface area contributed by atoms with Crippen molar-refractivity contribution < 1.29 is 18.3 Å². The molecule has 20 heavy (non-hydrogen) atoms. The quantitative estimate of drug-likeness (QED) is 0.905. The number of para-hydroxylation sites is 1. The number of hydrogen-bond donors (Lipinski definition) is 2. The molecule has 104 valence electrons. The van der Waals surface area contributed by atoms with Crippen molar-refractivity contribution in [2.45, 2.75) is 0 Å². The average molecular weight is 280 g/mol. The number of benzene rings is 1. The van der Waals surface area contributed by atoms with Gasteiger partial charge in [-0.25, -0.2) is 23.5 Å². The zero-order valence-electron chi connectivity index (χ0n) is 10.4. The van der Waals surface area contributed by atoms with Crippen LogP contribution in [0.5, 0.6) is 6.01 Å². The first-order valence-electron chi connectivity index (χ1n) is 5.48. The van der Waals surface area contributed by atoms with Gasteiger partial charge in [0.25, 0.3) is 0 Å². The monoisotopic (exact) mass is 280 g/mol. The molecule has 0 aliphatic carbocycles. The molecule has 0 aliphatic heterocycles. The number of methoxy groups -OCH3 is 1. The number of nitrogens with zero attached hydrogens (tertiary/aromatic N) is 2. The van der Waals surface area contributed by atoms with Crippen molar-refractivity contribution >= 4 is 17.4 Å². The zero-order chi connectivity index (χ0) is 14.5.